The maximum absolute atomic E-state index is 5.70. The summed E-state index contributed by atoms with van der Waals surface area (Å²) in [6.07, 6.45) is 0. The van der Waals surface area contributed by atoms with E-state index in [0.717, 1.165) is 56.1 Å². The van der Waals surface area contributed by atoms with Crippen molar-refractivity contribution in [1.29, 1.82) is 0 Å². The molecular formula is C20H20BrN3O3S. The molecule has 1 aromatic heterocycles. The summed E-state index contributed by atoms with van der Waals surface area (Å²) in [7, 11) is 1.66. The second kappa shape index (κ2) is 8.45. The lowest BCUT2D eigenvalue weighted by molar-refractivity contribution is 0.171. The van der Waals surface area contributed by atoms with E-state index < -0.39 is 0 Å². The van der Waals surface area contributed by atoms with Crippen LogP contribution < -0.4 is 14.2 Å². The minimum atomic E-state index is 0.580. The Morgan fingerprint density at radius 2 is 1.82 bits per heavy atom. The molecule has 3 aromatic rings. The van der Waals surface area contributed by atoms with Gasteiger partial charge in [0.05, 0.1) is 7.11 Å². The summed E-state index contributed by atoms with van der Waals surface area (Å²) in [5.74, 6) is 4.00. The maximum Gasteiger partial charge on any atom is 0.191 e. The molecule has 8 heteroatoms. The fourth-order valence-corrected chi connectivity index (χ4v) is 4.63. The largest absolute Gasteiger partial charge is 0.497 e. The van der Waals surface area contributed by atoms with E-state index in [9.17, 15) is 0 Å². The maximum atomic E-state index is 5.70. The van der Waals surface area contributed by atoms with Crippen molar-refractivity contribution in [3.8, 4) is 28.6 Å². The summed E-state index contributed by atoms with van der Waals surface area (Å²) in [4.78, 5) is 0. The molecule has 0 radical (unpaired) electrons. The van der Waals surface area contributed by atoms with Gasteiger partial charge in [0, 0.05) is 22.3 Å². The summed E-state index contributed by atoms with van der Waals surface area (Å²) in [5.41, 5.74) is 2.15. The summed E-state index contributed by atoms with van der Waals surface area (Å²) in [5, 5.41) is 9.71. The first-order valence-electron chi connectivity index (χ1n) is 8.98. The van der Waals surface area contributed by atoms with Crippen LogP contribution in [-0.4, -0.2) is 35.1 Å². The molecule has 0 atom stereocenters. The van der Waals surface area contributed by atoms with Crippen molar-refractivity contribution in [1.82, 2.24) is 14.8 Å². The van der Waals surface area contributed by atoms with E-state index in [0.29, 0.717) is 13.2 Å². The van der Waals surface area contributed by atoms with E-state index in [2.05, 4.69) is 37.6 Å². The topological polar surface area (TPSA) is 58.4 Å². The van der Waals surface area contributed by atoms with Gasteiger partial charge in [0.15, 0.2) is 22.5 Å². The Labute approximate surface area is 176 Å². The third-order valence-electron chi connectivity index (χ3n) is 4.45. The van der Waals surface area contributed by atoms with E-state index in [-0.39, 0.29) is 0 Å². The number of hydrogen-bond acceptors (Lipinski definition) is 6. The van der Waals surface area contributed by atoms with Crippen molar-refractivity contribution in [2.75, 3.05) is 20.3 Å². The number of aromatic nitrogens is 3. The molecule has 4 rings (SSSR count). The highest BCUT2D eigenvalue weighted by Gasteiger charge is 2.17. The molecule has 6 nitrogen and oxygen atoms in total. The van der Waals surface area contributed by atoms with Crippen LogP contribution in [0.4, 0.5) is 0 Å². The number of benzene rings is 2. The van der Waals surface area contributed by atoms with Crippen LogP contribution in [0, 0.1) is 0 Å². The second-order valence-electron chi connectivity index (χ2n) is 6.15. The van der Waals surface area contributed by atoms with Crippen molar-refractivity contribution in [3.63, 3.8) is 0 Å². The third kappa shape index (κ3) is 3.84. The Balaban J connectivity index is 1.55. The normalized spacial score (nSPS) is 12.8. The first-order valence-corrected chi connectivity index (χ1v) is 10.8. The highest BCUT2D eigenvalue weighted by atomic mass is 79.9. The zero-order chi connectivity index (χ0) is 19.5. The van der Waals surface area contributed by atoms with Crippen molar-refractivity contribution >= 4 is 27.7 Å². The van der Waals surface area contributed by atoms with Gasteiger partial charge in [-0.2, -0.15) is 0 Å². The predicted molar refractivity (Wildman–Crippen MR) is 112 cm³/mol. The van der Waals surface area contributed by atoms with Crippen molar-refractivity contribution in [2.45, 2.75) is 24.4 Å². The molecule has 0 fully saturated rings. The van der Waals surface area contributed by atoms with Crippen LogP contribution in [0.1, 0.15) is 12.5 Å². The fraction of sp³-hybridized carbons (Fsp3) is 0.300. The molecule has 1 aliphatic rings. The summed E-state index contributed by atoms with van der Waals surface area (Å²) < 4.78 is 19.7. The van der Waals surface area contributed by atoms with Gasteiger partial charge in [-0.3, -0.25) is 0 Å². The molecule has 0 aliphatic carbocycles. The molecule has 28 heavy (non-hydrogen) atoms. The Morgan fingerprint density at radius 3 is 2.50 bits per heavy atom. The first kappa shape index (κ1) is 19.1. The van der Waals surface area contributed by atoms with Gasteiger partial charge < -0.3 is 18.8 Å². The van der Waals surface area contributed by atoms with Gasteiger partial charge in [0.2, 0.25) is 0 Å². The molecule has 2 aromatic carbocycles. The van der Waals surface area contributed by atoms with Gasteiger partial charge in [0.1, 0.15) is 19.0 Å². The van der Waals surface area contributed by atoms with E-state index in [1.54, 1.807) is 18.9 Å². The van der Waals surface area contributed by atoms with Crippen LogP contribution in [0.15, 0.2) is 46.0 Å². The van der Waals surface area contributed by atoms with Gasteiger partial charge in [0.25, 0.3) is 0 Å². The Kier molecular flexibility index (Phi) is 5.77. The summed E-state index contributed by atoms with van der Waals surface area (Å²) in [6.45, 7) is 4.05. The van der Waals surface area contributed by atoms with Crippen LogP contribution >= 0.6 is 27.7 Å². The third-order valence-corrected chi connectivity index (χ3v) is 6.20. The Morgan fingerprint density at radius 1 is 1.11 bits per heavy atom. The van der Waals surface area contributed by atoms with E-state index in [1.807, 2.05) is 36.4 Å². The summed E-state index contributed by atoms with van der Waals surface area (Å²) >= 11 is 5.29. The molecular weight excluding hydrogens is 442 g/mol. The SMILES string of the molecule is CCn1c(SCc2cc3c(cc2Br)OCCO3)nnc1-c1ccc(OC)cc1. The molecule has 0 N–H and O–H groups in total. The van der Waals surface area contributed by atoms with Crippen LogP contribution in [0.2, 0.25) is 0 Å². The van der Waals surface area contributed by atoms with Crippen LogP contribution in [0.25, 0.3) is 11.4 Å². The highest BCUT2D eigenvalue weighted by molar-refractivity contribution is 9.10. The average molecular weight is 462 g/mol. The van der Waals surface area contributed by atoms with Gasteiger partial charge in [-0.15, -0.1) is 10.2 Å². The van der Waals surface area contributed by atoms with E-state index in [4.69, 9.17) is 14.2 Å². The molecule has 0 spiro atoms. The number of thioether (sulfide) groups is 1. The number of fused-ring (bicyclic) bond motifs is 1. The lowest BCUT2D eigenvalue weighted by Gasteiger charge is -2.19. The predicted octanol–water partition coefficient (Wildman–Crippen LogP) is 4.80. The van der Waals surface area contributed by atoms with E-state index >= 15 is 0 Å². The smallest absolute Gasteiger partial charge is 0.191 e. The molecule has 0 saturated carbocycles. The van der Waals surface area contributed by atoms with Crippen LogP contribution in [-0.2, 0) is 12.3 Å². The number of ether oxygens (including phenoxy) is 3. The van der Waals surface area contributed by atoms with Gasteiger partial charge >= 0.3 is 0 Å². The quantitative estimate of drug-likeness (QED) is 0.491. The Hall–Kier alpha value is -2.19. The van der Waals surface area contributed by atoms with Crippen LogP contribution in [0.3, 0.4) is 0 Å². The molecule has 0 saturated heterocycles. The van der Waals surface area contributed by atoms with Gasteiger partial charge in [-0.1, -0.05) is 27.7 Å². The minimum absolute atomic E-state index is 0.580. The number of methoxy groups -OCH3 is 1. The van der Waals surface area contributed by atoms with Crippen LogP contribution in [0.5, 0.6) is 17.2 Å². The number of hydrogen-bond donors (Lipinski definition) is 0. The van der Waals surface area contributed by atoms with Crippen molar-refractivity contribution < 1.29 is 14.2 Å². The number of halogens is 1. The molecule has 0 unspecified atom stereocenters. The van der Waals surface area contributed by atoms with E-state index in [1.165, 1.54) is 0 Å². The summed E-state index contributed by atoms with van der Waals surface area (Å²) in [6, 6.07) is 11.9. The molecule has 146 valence electrons. The zero-order valence-corrected chi connectivity index (χ0v) is 18.0. The lowest BCUT2D eigenvalue weighted by Crippen LogP contribution is -2.15. The van der Waals surface area contributed by atoms with Gasteiger partial charge in [-0.25, -0.2) is 0 Å². The lowest BCUT2D eigenvalue weighted by atomic mass is 10.2. The van der Waals surface area contributed by atoms with Crippen molar-refractivity contribution in [2.24, 2.45) is 0 Å². The number of rotatable bonds is 6. The molecule has 0 bridgehead atoms. The Bertz CT molecular complexity index is 976. The first-order chi connectivity index (χ1) is 13.7. The zero-order valence-electron chi connectivity index (χ0n) is 15.6. The second-order valence-corrected chi connectivity index (χ2v) is 7.95. The van der Waals surface area contributed by atoms with Gasteiger partial charge in [-0.05, 0) is 48.9 Å². The van der Waals surface area contributed by atoms with Crippen molar-refractivity contribution in [3.05, 3.63) is 46.4 Å². The monoisotopic (exact) mass is 461 g/mol. The minimum Gasteiger partial charge on any atom is -0.497 e. The fourth-order valence-electron chi connectivity index (χ4n) is 2.99. The highest BCUT2D eigenvalue weighted by Crippen LogP contribution is 2.38. The molecule has 0 amide bonds. The molecule has 1 aliphatic heterocycles. The molecule has 2 heterocycles. The standard InChI is InChI=1S/C20H20BrN3O3S/c1-3-24-19(13-4-6-15(25-2)7-5-13)22-23-20(24)28-12-14-10-17-18(11-16(14)21)27-9-8-26-17/h4-7,10-11H,3,8-9,12H2,1-2H3. The average Bonchev–Trinajstić information content (AvgIpc) is 3.15. The number of nitrogens with zero attached hydrogens (tertiary/aromatic N) is 3.